The molecule has 0 heterocycles. The predicted molar refractivity (Wildman–Crippen MR) is 55.2 cm³/mol. The molecule has 0 amide bonds. The number of hydrogen-bond acceptors (Lipinski definition) is 1. The summed E-state index contributed by atoms with van der Waals surface area (Å²) in [7, 11) is 0. The SMILES string of the molecule is CC(C)Sc1cc[c-]cc1.[Zn+][Br]. The van der Waals surface area contributed by atoms with E-state index in [1.807, 2.05) is 23.9 Å². The molecule has 1 aromatic rings. The average Bonchev–Trinajstić information content (AvgIpc) is 2.08. The van der Waals surface area contributed by atoms with Gasteiger partial charge in [0.2, 0.25) is 0 Å². The quantitative estimate of drug-likeness (QED) is 0.454. The van der Waals surface area contributed by atoms with Crippen molar-refractivity contribution in [3.8, 4) is 0 Å². The van der Waals surface area contributed by atoms with Crippen LogP contribution in [0.3, 0.4) is 0 Å². The van der Waals surface area contributed by atoms with Crippen molar-refractivity contribution in [2.24, 2.45) is 0 Å². The second-order valence-corrected chi connectivity index (χ2v) is 4.05. The van der Waals surface area contributed by atoms with Crippen LogP contribution in [-0.2, 0) is 16.3 Å². The summed E-state index contributed by atoms with van der Waals surface area (Å²) in [6.45, 7) is 4.39. The van der Waals surface area contributed by atoms with Crippen LogP contribution in [0.2, 0.25) is 0 Å². The fourth-order valence-corrected chi connectivity index (χ4v) is 1.56. The Hall–Kier alpha value is 0.673. The third-order valence-corrected chi connectivity index (χ3v) is 2.08. The summed E-state index contributed by atoms with van der Waals surface area (Å²) in [5.41, 5.74) is 0. The average molecular weight is 297 g/mol. The van der Waals surface area contributed by atoms with Crippen molar-refractivity contribution in [3.05, 3.63) is 30.3 Å². The van der Waals surface area contributed by atoms with Gasteiger partial charge in [-0.15, -0.1) is 16.7 Å². The van der Waals surface area contributed by atoms with E-state index in [0.717, 1.165) is 0 Å². The van der Waals surface area contributed by atoms with E-state index in [4.69, 9.17) is 0 Å². The van der Waals surface area contributed by atoms with E-state index in [0.29, 0.717) is 5.25 Å². The molecule has 1 aromatic carbocycles. The molecule has 0 aromatic heterocycles. The molecule has 0 N–H and O–H groups in total. The first-order valence-corrected chi connectivity index (χ1v) is 11.5. The van der Waals surface area contributed by atoms with E-state index >= 15 is 0 Å². The summed E-state index contributed by atoms with van der Waals surface area (Å²) in [6.07, 6.45) is 0. The van der Waals surface area contributed by atoms with Crippen LogP contribution in [0.4, 0.5) is 0 Å². The fourth-order valence-electron chi connectivity index (χ4n) is 0.722. The summed E-state index contributed by atoms with van der Waals surface area (Å²) >= 11 is 6.13. The summed E-state index contributed by atoms with van der Waals surface area (Å²) in [6, 6.07) is 11.1. The number of halogens is 1. The third-order valence-electron chi connectivity index (χ3n) is 1.06. The van der Waals surface area contributed by atoms with E-state index < -0.39 is 0 Å². The van der Waals surface area contributed by atoms with E-state index in [1.165, 1.54) is 21.2 Å². The number of thioether (sulfide) groups is 1. The molecule has 12 heavy (non-hydrogen) atoms. The van der Waals surface area contributed by atoms with Gasteiger partial charge in [-0.1, -0.05) is 13.8 Å². The van der Waals surface area contributed by atoms with Crippen molar-refractivity contribution in [1.82, 2.24) is 0 Å². The van der Waals surface area contributed by atoms with Crippen molar-refractivity contribution in [2.75, 3.05) is 0 Å². The zero-order valence-corrected chi connectivity index (χ0v) is 12.7. The second-order valence-electron chi connectivity index (χ2n) is 2.40. The van der Waals surface area contributed by atoms with Gasteiger partial charge in [-0.05, 0) is 0 Å². The molecule has 0 unspecified atom stereocenters. The van der Waals surface area contributed by atoms with Crippen molar-refractivity contribution < 1.29 is 16.3 Å². The van der Waals surface area contributed by atoms with E-state index in [2.05, 4.69) is 45.7 Å². The maximum atomic E-state index is 3.06. The monoisotopic (exact) mass is 294 g/mol. The molecule has 0 bridgehead atoms. The van der Waals surface area contributed by atoms with Gasteiger partial charge in [-0.3, -0.25) is 0 Å². The minimum absolute atomic E-state index is 0.669. The van der Waals surface area contributed by atoms with Gasteiger partial charge in [-0.2, -0.15) is 30.3 Å². The Kier molecular flexibility index (Phi) is 8.74. The zero-order valence-electron chi connectivity index (χ0n) is 7.38. The molecule has 1 rings (SSSR count). The zero-order chi connectivity index (χ0) is 9.40. The molecule has 0 nitrogen and oxygen atoms in total. The molecule has 0 saturated heterocycles. The van der Waals surface area contributed by atoms with E-state index in [1.54, 1.807) is 0 Å². The number of hydrogen-bond donors (Lipinski definition) is 0. The van der Waals surface area contributed by atoms with Crippen LogP contribution in [0, 0.1) is 6.07 Å². The van der Waals surface area contributed by atoms with Crippen molar-refractivity contribution in [2.45, 2.75) is 24.0 Å². The van der Waals surface area contributed by atoms with Crippen LogP contribution in [0.5, 0.6) is 0 Å². The van der Waals surface area contributed by atoms with Gasteiger partial charge in [0.05, 0.1) is 0 Å². The Labute approximate surface area is 95.6 Å². The van der Waals surface area contributed by atoms with Crippen molar-refractivity contribution >= 4 is 25.4 Å². The molecular formula is C9H11BrSZn. The molecular weight excluding hydrogens is 285 g/mol. The normalized spacial score (nSPS) is 9.17. The molecule has 0 spiro atoms. The van der Waals surface area contributed by atoms with Crippen LogP contribution in [0.15, 0.2) is 29.2 Å². The summed E-state index contributed by atoms with van der Waals surface area (Å²) in [5.74, 6) is 0. The Morgan fingerprint density at radius 3 is 2.25 bits per heavy atom. The summed E-state index contributed by atoms with van der Waals surface area (Å²) < 4.78 is 0. The Bertz CT molecular complexity index is 189. The Morgan fingerprint density at radius 1 is 1.33 bits per heavy atom. The van der Waals surface area contributed by atoms with Gasteiger partial charge >= 0.3 is 30.0 Å². The molecule has 0 aliphatic carbocycles. The van der Waals surface area contributed by atoms with Gasteiger partial charge in [0.15, 0.2) is 0 Å². The Balaban J connectivity index is 0.000000561. The van der Waals surface area contributed by atoms with Crippen molar-refractivity contribution in [1.29, 1.82) is 0 Å². The number of benzene rings is 1. The van der Waals surface area contributed by atoms with Crippen LogP contribution < -0.4 is 0 Å². The summed E-state index contributed by atoms with van der Waals surface area (Å²) in [4.78, 5) is 1.33. The van der Waals surface area contributed by atoms with Gasteiger partial charge < -0.3 is 0 Å². The topological polar surface area (TPSA) is 0 Å². The molecule has 3 heteroatoms. The molecule has 62 valence electrons. The molecule has 0 aliphatic rings. The first-order valence-electron chi connectivity index (χ1n) is 3.68. The summed E-state index contributed by atoms with van der Waals surface area (Å²) in [5, 5.41) is 0.669. The first-order chi connectivity index (χ1) is 5.79. The van der Waals surface area contributed by atoms with Gasteiger partial charge in [0.25, 0.3) is 0 Å². The first kappa shape index (κ1) is 12.7. The van der Waals surface area contributed by atoms with Gasteiger partial charge in [-0.25, -0.2) is 0 Å². The second kappa shape index (κ2) is 8.28. The van der Waals surface area contributed by atoms with Gasteiger partial charge in [0.1, 0.15) is 0 Å². The van der Waals surface area contributed by atoms with Crippen LogP contribution >= 0.6 is 25.4 Å². The van der Waals surface area contributed by atoms with Crippen molar-refractivity contribution in [3.63, 3.8) is 0 Å². The molecule has 0 radical (unpaired) electrons. The molecule has 0 atom stereocenters. The number of rotatable bonds is 2. The van der Waals surface area contributed by atoms with Crippen LogP contribution in [0.1, 0.15) is 13.8 Å². The minimum atomic E-state index is 0.669. The third kappa shape index (κ3) is 6.22. The van der Waals surface area contributed by atoms with Crippen LogP contribution in [-0.4, -0.2) is 5.25 Å². The maximum absolute atomic E-state index is 3.06. The Morgan fingerprint density at radius 2 is 1.83 bits per heavy atom. The van der Waals surface area contributed by atoms with E-state index in [9.17, 15) is 0 Å². The molecule has 0 saturated carbocycles. The molecule has 0 aliphatic heterocycles. The van der Waals surface area contributed by atoms with Crippen LogP contribution in [0.25, 0.3) is 0 Å². The predicted octanol–water partition coefficient (Wildman–Crippen LogP) is 3.83. The molecule has 0 fully saturated rings. The van der Waals surface area contributed by atoms with E-state index in [-0.39, 0.29) is 0 Å². The van der Waals surface area contributed by atoms with Gasteiger partial charge in [0, 0.05) is 5.25 Å². The standard InChI is InChI=1S/C9H11S.BrH.Zn/c1-8(2)10-9-6-4-3-5-7-9;;/h4-8H,1-2H3;1H;/q-1;;+2/p-1. The fraction of sp³-hybridized carbons (Fsp3) is 0.333.